The van der Waals surface area contributed by atoms with Crippen molar-refractivity contribution in [1.82, 2.24) is 19.6 Å². The van der Waals surface area contributed by atoms with E-state index in [4.69, 9.17) is 4.74 Å². The van der Waals surface area contributed by atoms with Crippen LogP contribution < -0.4 is 4.74 Å². The summed E-state index contributed by atoms with van der Waals surface area (Å²) in [5.41, 5.74) is 0.955. The number of aryl methyl sites for hydroxylation is 1. The summed E-state index contributed by atoms with van der Waals surface area (Å²) in [4.78, 5) is 0. The molecule has 19 heavy (non-hydrogen) atoms. The number of hydrogen-bond acceptors (Lipinski definition) is 3. The van der Waals surface area contributed by atoms with Crippen molar-refractivity contribution in [2.24, 2.45) is 0 Å². The highest BCUT2D eigenvalue weighted by Gasteiger charge is 2.08. The molecular formula is C14H22N4O. The van der Waals surface area contributed by atoms with Crippen molar-refractivity contribution < 1.29 is 4.74 Å². The third-order valence-corrected chi connectivity index (χ3v) is 3.30. The maximum atomic E-state index is 5.68. The second kappa shape index (κ2) is 6.41. The van der Waals surface area contributed by atoms with Crippen molar-refractivity contribution in [3.63, 3.8) is 0 Å². The van der Waals surface area contributed by atoms with Crippen molar-refractivity contribution in [2.75, 3.05) is 0 Å². The Balaban J connectivity index is 1.92. The van der Waals surface area contributed by atoms with Crippen LogP contribution in [-0.2, 0) is 13.2 Å². The molecule has 5 nitrogen and oxygen atoms in total. The van der Waals surface area contributed by atoms with Crippen molar-refractivity contribution in [3.05, 3.63) is 30.4 Å². The van der Waals surface area contributed by atoms with Crippen molar-refractivity contribution in [3.8, 4) is 5.75 Å². The molecule has 0 radical (unpaired) electrons. The summed E-state index contributed by atoms with van der Waals surface area (Å²) in [6, 6.07) is 2.50. The monoisotopic (exact) mass is 262 g/mol. The molecule has 0 unspecified atom stereocenters. The second-order valence-corrected chi connectivity index (χ2v) is 4.58. The topological polar surface area (TPSA) is 44.9 Å². The molecule has 0 bridgehead atoms. The van der Waals surface area contributed by atoms with E-state index >= 15 is 0 Å². The minimum Gasteiger partial charge on any atom is -0.484 e. The summed E-state index contributed by atoms with van der Waals surface area (Å²) in [6.07, 6.45) is 7.87. The molecule has 5 heteroatoms. The summed E-state index contributed by atoms with van der Waals surface area (Å²) in [5, 5.41) is 8.73. The lowest BCUT2D eigenvalue weighted by molar-refractivity contribution is 0.297. The molecule has 104 valence electrons. The van der Waals surface area contributed by atoms with Gasteiger partial charge in [-0.3, -0.25) is 9.36 Å². The van der Waals surface area contributed by atoms with E-state index in [1.54, 1.807) is 6.20 Å². The molecule has 2 heterocycles. The van der Waals surface area contributed by atoms with Gasteiger partial charge in [0.15, 0.2) is 5.75 Å². The van der Waals surface area contributed by atoms with E-state index in [2.05, 4.69) is 24.0 Å². The molecular weight excluding hydrogens is 240 g/mol. The van der Waals surface area contributed by atoms with Gasteiger partial charge in [-0.1, -0.05) is 13.8 Å². The Morgan fingerprint density at radius 2 is 2.05 bits per heavy atom. The third kappa shape index (κ3) is 3.36. The molecule has 0 spiro atoms. The maximum absolute atomic E-state index is 5.68. The number of rotatable bonds is 7. The van der Waals surface area contributed by atoms with Gasteiger partial charge in [0.05, 0.1) is 24.1 Å². The standard InChI is InChI=1S/C14H22N4O/c1-4-13(5-2)18-8-7-12(16-18)11-19-14-9-15-17(6-3)10-14/h7-10,13H,4-6,11H2,1-3H3. The Morgan fingerprint density at radius 3 is 2.68 bits per heavy atom. The Labute approximate surface area is 114 Å². The van der Waals surface area contributed by atoms with Crippen LogP contribution in [0.4, 0.5) is 0 Å². The summed E-state index contributed by atoms with van der Waals surface area (Å²) in [6.45, 7) is 7.76. The lowest BCUT2D eigenvalue weighted by Crippen LogP contribution is -2.08. The molecule has 0 aliphatic heterocycles. The number of ether oxygens (including phenoxy) is 1. The van der Waals surface area contributed by atoms with Crippen molar-refractivity contribution >= 4 is 0 Å². The molecule has 0 aliphatic rings. The van der Waals surface area contributed by atoms with Gasteiger partial charge in [-0.15, -0.1) is 0 Å². The summed E-state index contributed by atoms with van der Waals surface area (Å²) < 4.78 is 9.56. The molecule has 0 saturated heterocycles. The first kappa shape index (κ1) is 13.6. The van der Waals surface area contributed by atoms with Crippen LogP contribution in [0.25, 0.3) is 0 Å². The van der Waals surface area contributed by atoms with Gasteiger partial charge in [0.25, 0.3) is 0 Å². The maximum Gasteiger partial charge on any atom is 0.157 e. The zero-order valence-electron chi connectivity index (χ0n) is 11.9. The van der Waals surface area contributed by atoms with Gasteiger partial charge in [0, 0.05) is 12.7 Å². The van der Waals surface area contributed by atoms with Gasteiger partial charge >= 0.3 is 0 Å². The second-order valence-electron chi connectivity index (χ2n) is 4.58. The number of nitrogens with zero attached hydrogens (tertiary/aromatic N) is 4. The predicted octanol–water partition coefficient (Wildman–Crippen LogP) is 3.04. The van der Waals surface area contributed by atoms with E-state index in [0.29, 0.717) is 12.6 Å². The molecule has 0 atom stereocenters. The zero-order chi connectivity index (χ0) is 13.7. The van der Waals surface area contributed by atoms with E-state index in [1.165, 1.54) is 0 Å². The minimum absolute atomic E-state index is 0.483. The van der Waals surface area contributed by atoms with Gasteiger partial charge in [-0.05, 0) is 25.8 Å². The summed E-state index contributed by atoms with van der Waals surface area (Å²) >= 11 is 0. The van der Waals surface area contributed by atoms with Crippen molar-refractivity contribution in [1.29, 1.82) is 0 Å². The van der Waals surface area contributed by atoms with Gasteiger partial charge in [0.1, 0.15) is 6.61 Å². The largest absolute Gasteiger partial charge is 0.484 e. The number of hydrogen-bond donors (Lipinski definition) is 0. The summed E-state index contributed by atoms with van der Waals surface area (Å²) in [7, 11) is 0. The Hall–Kier alpha value is -1.78. The SMILES string of the molecule is CCC(CC)n1ccc(COc2cnn(CC)c2)n1. The predicted molar refractivity (Wildman–Crippen MR) is 74.1 cm³/mol. The molecule has 0 fully saturated rings. The fourth-order valence-electron chi connectivity index (χ4n) is 2.07. The van der Waals surface area contributed by atoms with E-state index in [0.717, 1.165) is 30.8 Å². The molecule has 2 aromatic heterocycles. The third-order valence-electron chi connectivity index (χ3n) is 3.30. The Bertz CT molecular complexity index is 499. The van der Waals surface area contributed by atoms with Crippen LogP contribution >= 0.6 is 0 Å². The fourth-order valence-corrected chi connectivity index (χ4v) is 2.07. The van der Waals surface area contributed by atoms with E-state index < -0.39 is 0 Å². The first-order valence-electron chi connectivity index (χ1n) is 6.96. The van der Waals surface area contributed by atoms with Crippen LogP contribution in [0.15, 0.2) is 24.7 Å². The van der Waals surface area contributed by atoms with Crippen LogP contribution in [0.5, 0.6) is 5.75 Å². The number of aromatic nitrogens is 4. The smallest absolute Gasteiger partial charge is 0.157 e. The summed E-state index contributed by atoms with van der Waals surface area (Å²) in [5.74, 6) is 0.791. The average molecular weight is 262 g/mol. The van der Waals surface area contributed by atoms with Crippen LogP contribution in [0.1, 0.15) is 45.3 Å². The van der Waals surface area contributed by atoms with Gasteiger partial charge in [-0.2, -0.15) is 10.2 Å². The van der Waals surface area contributed by atoms with Crippen LogP contribution in [-0.4, -0.2) is 19.6 Å². The van der Waals surface area contributed by atoms with Gasteiger partial charge in [0.2, 0.25) is 0 Å². The van der Waals surface area contributed by atoms with E-state index in [1.807, 2.05) is 34.7 Å². The lowest BCUT2D eigenvalue weighted by Gasteiger charge is -2.12. The van der Waals surface area contributed by atoms with Gasteiger partial charge in [-0.25, -0.2) is 0 Å². The quantitative estimate of drug-likeness (QED) is 0.770. The minimum atomic E-state index is 0.483. The highest BCUT2D eigenvalue weighted by atomic mass is 16.5. The normalized spacial score (nSPS) is 11.2. The molecule has 0 saturated carbocycles. The van der Waals surface area contributed by atoms with E-state index in [-0.39, 0.29) is 0 Å². The Morgan fingerprint density at radius 1 is 1.26 bits per heavy atom. The molecule has 2 aromatic rings. The highest BCUT2D eigenvalue weighted by molar-refractivity contribution is 5.12. The zero-order valence-corrected chi connectivity index (χ0v) is 11.9. The Kier molecular flexibility index (Phi) is 4.60. The average Bonchev–Trinajstić information content (AvgIpc) is 3.06. The van der Waals surface area contributed by atoms with Gasteiger partial charge < -0.3 is 4.74 Å². The molecule has 2 rings (SSSR count). The molecule has 0 aromatic carbocycles. The lowest BCUT2D eigenvalue weighted by atomic mass is 10.2. The first-order chi connectivity index (χ1) is 9.26. The fraction of sp³-hybridized carbons (Fsp3) is 0.571. The molecule has 0 aliphatic carbocycles. The first-order valence-corrected chi connectivity index (χ1v) is 6.96. The van der Waals surface area contributed by atoms with Crippen LogP contribution in [0.3, 0.4) is 0 Å². The van der Waals surface area contributed by atoms with E-state index in [9.17, 15) is 0 Å². The van der Waals surface area contributed by atoms with Crippen molar-refractivity contribution in [2.45, 2.75) is 52.8 Å². The van der Waals surface area contributed by atoms with Crippen LogP contribution in [0, 0.1) is 0 Å². The van der Waals surface area contributed by atoms with Crippen LogP contribution in [0.2, 0.25) is 0 Å². The highest BCUT2D eigenvalue weighted by Crippen LogP contribution is 2.15. The molecule has 0 amide bonds. The molecule has 0 N–H and O–H groups in total.